The van der Waals surface area contributed by atoms with Gasteiger partial charge in [0.1, 0.15) is 29.6 Å². The molecular weight excluding hydrogens is 562 g/mol. The fraction of sp³-hybridized carbons (Fsp3) is 0.448. The Morgan fingerprint density at radius 2 is 1.24 bits per heavy atom. The lowest BCUT2D eigenvalue weighted by molar-refractivity contribution is -0.142. The molecule has 42 heavy (non-hydrogen) atoms. The Morgan fingerprint density at radius 1 is 0.738 bits per heavy atom. The third kappa shape index (κ3) is 12.0. The maximum atomic E-state index is 13.5. The summed E-state index contributed by atoms with van der Waals surface area (Å²) in [7, 11) is 0. The molecule has 0 aromatic heterocycles. The smallest absolute Gasteiger partial charge is 0.326 e. The summed E-state index contributed by atoms with van der Waals surface area (Å²) in [6.07, 6.45) is 3.56. The lowest BCUT2D eigenvalue weighted by Crippen LogP contribution is -2.57. The number of amides is 3. The van der Waals surface area contributed by atoms with E-state index in [1.807, 2.05) is 6.26 Å². The minimum absolute atomic E-state index is 0.0105. The monoisotopic (exact) mass is 603 g/mol. The molecular formula is C29H41N5O7S. The van der Waals surface area contributed by atoms with Gasteiger partial charge < -0.3 is 42.7 Å². The number of nitrogens with one attached hydrogen (secondary N) is 3. The molecule has 3 amide bonds. The SMILES string of the molecule is CSCCC(NC(=O)C(Cc1ccc(O)cc1)NC(=O)C(CCCCN)NC(=O)C(N)Cc1ccc(O)cc1)C(=O)O. The van der Waals surface area contributed by atoms with Gasteiger partial charge in [0.15, 0.2) is 0 Å². The van der Waals surface area contributed by atoms with Gasteiger partial charge in [-0.1, -0.05) is 24.3 Å². The van der Waals surface area contributed by atoms with Gasteiger partial charge in [0, 0.05) is 6.42 Å². The van der Waals surface area contributed by atoms with Crippen molar-refractivity contribution in [3.8, 4) is 11.5 Å². The van der Waals surface area contributed by atoms with Gasteiger partial charge in [0.25, 0.3) is 0 Å². The number of phenols is 2. The molecule has 13 heteroatoms. The fourth-order valence-corrected chi connectivity index (χ4v) is 4.61. The number of hydrogen-bond donors (Lipinski definition) is 8. The van der Waals surface area contributed by atoms with Gasteiger partial charge in [-0.05, 0) is 86.0 Å². The largest absolute Gasteiger partial charge is 0.508 e. The van der Waals surface area contributed by atoms with Crippen molar-refractivity contribution in [2.75, 3.05) is 18.6 Å². The first-order valence-electron chi connectivity index (χ1n) is 13.7. The number of thioether (sulfide) groups is 1. The van der Waals surface area contributed by atoms with Gasteiger partial charge in [-0.25, -0.2) is 4.79 Å². The van der Waals surface area contributed by atoms with Gasteiger partial charge in [-0.3, -0.25) is 14.4 Å². The molecule has 0 spiro atoms. The van der Waals surface area contributed by atoms with Crippen molar-refractivity contribution in [1.82, 2.24) is 16.0 Å². The topological polar surface area (TPSA) is 217 Å². The number of rotatable bonds is 18. The number of benzene rings is 2. The van der Waals surface area contributed by atoms with E-state index in [2.05, 4.69) is 16.0 Å². The summed E-state index contributed by atoms with van der Waals surface area (Å²) in [6, 6.07) is 7.98. The van der Waals surface area contributed by atoms with E-state index < -0.39 is 47.9 Å². The van der Waals surface area contributed by atoms with Gasteiger partial charge in [0.2, 0.25) is 17.7 Å². The first kappa shape index (κ1) is 34.4. The second-order valence-electron chi connectivity index (χ2n) is 9.94. The van der Waals surface area contributed by atoms with Crippen LogP contribution in [0.3, 0.4) is 0 Å². The minimum atomic E-state index is -1.19. The molecule has 2 aromatic rings. The molecule has 0 radical (unpaired) electrons. The standard InChI is InChI=1S/C29H41N5O7S/c1-42-15-13-24(29(40)41)33-28(39)25(17-19-7-11-21(36)12-8-19)34-27(38)23(4-2-3-14-30)32-26(37)22(31)16-18-5-9-20(35)10-6-18/h5-12,22-25,35-36H,2-4,13-17,30-31H2,1H3,(H,32,37)(H,33,39)(H,34,38)(H,40,41). The van der Waals surface area contributed by atoms with E-state index in [9.17, 15) is 34.5 Å². The number of hydrogen-bond acceptors (Lipinski definition) is 9. The van der Waals surface area contributed by atoms with Crippen LogP contribution in [0.5, 0.6) is 11.5 Å². The number of carboxylic acid groups (broad SMARTS) is 1. The van der Waals surface area contributed by atoms with E-state index in [-0.39, 0.29) is 37.2 Å². The Balaban J connectivity index is 2.21. The summed E-state index contributed by atoms with van der Waals surface area (Å²) < 4.78 is 0. The molecule has 0 aliphatic rings. The van der Waals surface area contributed by atoms with Gasteiger partial charge >= 0.3 is 5.97 Å². The maximum Gasteiger partial charge on any atom is 0.326 e. The van der Waals surface area contributed by atoms with Crippen LogP contribution in [0.15, 0.2) is 48.5 Å². The first-order valence-corrected chi connectivity index (χ1v) is 15.1. The molecule has 0 heterocycles. The quantitative estimate of drug-likeness (QED) is 0.111. The molecule has 2 rings (SSSR count). The van der Waals surface area contributed by atoms with Crippen LogP contribution in [0.1, 0.15) is 36.8 Å². The molecule has 12 nitrogen and oxygen atoms in total. The van der Waals surface area contributed by atoms with Crippen LogP contribution < -0.4 is 27.4 Å². The average molecular weight is 604 g/mol. The summed E-state index contributed by atoms with van der Waals surface area (Å²) in [6.45, 7) is 0.390. The van der Waals surface area contributed by atoms with E-state index in [0.29, 0.717) is 30.7 Å². The van der Waals surface area contributed by atoms with E-state index in [1.54, 1.807) is 24.3 Å². The minimum Gasteiger partial charge on any atom is -0.508 e. The Morgan fingerprint density at radius 3 is 1.76 bits per heavy atom. The van der Waals surface area contributed by atoms with Crippen LogP contribution in [-0.2, 0) is 32.0 Å². The first-order chi connectivity index (χ1) is 20.0. The molecule has 2 aromatic carbocycles. The van der Waals surface area contributed by atoms with Crippen LogP contribution in [0, 0.1) is 0 Å². The van der Waals surface area contributed by atoms with Crippen molar-refractivity contribution < 1.29 is 34.5 Å². The van der Waals surface area contributed by atoms with E-state index in [0.717, 1.165) is 5.56 Å². The molecule has 4 unspecified atom stereocenters. The van der Waals surface area contributed by atoms with E-state index >= 15 is 0 Å². The third-order valence-corrected chi connectivity index (χ3v) is 7.19. The van der Waals surface area contributed by atoms with E-state index in [1.165, 1.54) is 36.0 Å². The fourth-order valence-electron chi connectivity index (χ4n) is 4.13. The lowest BCUT2D eigenvalue weighted by atomic mass is 10.0. The molecule has 0 fully saturated rings. The van der Waals surface area contributed by atoms with Crippen LogP contribution in [0.4, 0.5) is 0 Å². The number of aliphatic carboxylic acids is 1. The zero-order chi connectivity index (χ0) is 31.1. The molecule has 4 atom stereocenters. The summed E-state index contributed by atoms with van der Waals surface area (Å²) in [5.74, 6) is -2.48. The van der Waals surface area contributed by atoms with Crippen molar-refractivity contribution >= 4 is 35.5 Å². The van der Waals surface area contributed by atoms with Crippen LogP contribution >= 0.6 is 11.8 Å². The number of nitrogens with two attached hydrogens (primary N) is 2. The second-order valence-corrected chi connectivity index (χ2v) is 10.9. The zero-order valence-corrected chi connectivity index (χ0v) is 24.4. The number of aromatic hydroxyl groups is 2. The van der Waals surface area contributed by atoms with Crippen molar-refractivity contribution in [2.24, 2.45) is 11.5 Å². The lowest BCUT2D eigenvalue weighted by Gasteiger charge is -2.25. The maximum absolute atomic E-state index is 13.5. The number of unbranched alkanes of at least 4 members (excludes halogenated alkanes) is 1. The Labute approximate surface area is 249 Å². The molecule has 0 saturated heterocycles. The molecule has 0 saturated carbocycles. The Bertz CT molecular complexity index is 1160. The molecule has 0 bridgehead atoms. The predicted octanol–water partition coefficient (Wildman–Crippen LogP) is 0.631. The van der Waals surface area contributed by atoms with Crippen molar-refractivity contribution in [1.29, 1.82) is 0 Å². The average Bonchev–Trinajstić information content (AvgIpc) is 2.96. The summed E-state index contributed by atoms with van der Waals surface area (Å²) in [4.78, 5) is 51.5. The molecule has 0 aliphatic heterocycles. The van der Waals surface area contributed by atoms with Gasteiger partial charge in [-0.2, -0.15) is 11.8 Å². The van der Waals surface area contributed by atoms with Crippen LogP contribution in [-0.4, -0.2) is 81.7 Å². The highest BCUT2D eigenvalue weighted by molar-refractivity contribution is 7.98. The van der Waals surface area contributed by atoms with Gasteiger partial charge in [-0.15, -0.1) is 0 Å². The van der Waals surface area contributed by atoms with Crippen molar-refractivity contribution in [2.45, 2.75) is 62.7 Å². The molecule has 10 N–H and O–H groups in total. The number of carbonyl (C=O) groups is 4. The highest BCUT2D eigenvalue weighted by Gasteiger charge is 2.30. The normalized spacial score (nSPS) is 13.8. The Hall–Kier alpha value is -3.81. The summed E-state index contributed by atoms with van der Waals surface area (Å²) in [5.41, 5.74) is 13.1. The molecule has 0 aliphatic carbocycles. The second kappa shape index (κ2) is 17.9. The van der Waals surface area contributed by atoms with Crippen molar-refractivity contribution in [3.63, 3.8) is 0 Å². The van der Waals surface area contributed by atoms with Crippen LogP contribution in [0.25, 0.3) is 0 Å². The van der Waals surface area contributed by atoms with Crippen LogP contribution in [0.2, 0.25) is 0 Å². The summed E-state index contributed by atoms with van der Waals surface area (Å²) in [5, 5.41) is 36.6. The highest BCUT2D eigenvalue weighted by Crippen LogP contribution is 2.14. The predicted molar refractivity (Wildman–Crippen MR) is 161 cm³/mol. The number of carbonyl (C=O) groups excluding carboxylic acids is 3. The highest BCUT2D eigenvalue weighted by atomic mass is 32.2. The van der Waals surface area contributed by atoms with Gasteiger partial charge in [0.05, 0.1) is 6.04 Å². The zero-order valence-electron chi connectivity index (χ0n) is 23.6. The number of carboxylic acids is 1. The Kier molecular flexibility index (Phi) is 14.6. The van der Waals surface area contributed by atoms with Crippen molar-refractivity contribution in [3.05, 3.63) is 59.7 Å². The summed E-state index contributed by atoms with van der Waals surface area (Å²) >= 11 is 1.44. The molecule has 230 valence electrons. The third-order valence-electron chi connectivity index (χ3n) is 6.54. The van der Waals surface area contributed by atoms with E-state index in [4.69, 9.17) is 11.5 Å². The number of phenolic OH excluding ortho intramolecular Hbond substituents is 2.